The molecule has 1 saturated heterocycles. The Balaban J connectivity index is 0.731. The van der Waals surface area contributed by atoms with Crippen molar-refractivity contribution >= 4 is 130 Å². The van der Waals surface area contributed by atoms with Crippen molar-refractivity contribution in [1.29, 1.82) is 0 Å². The summed E-state index contributed by atoms with van der Waals surface area (Å²) in [7, 11) is 0. The van der Waals surface area contributed by atoms with E-state index in [1.165, 1.54) is 11.8 Å². The van der Waals surface area contributed by atoms with Crippen LogP contribution in [0, 0.1) is 0 Å². The van der Waals surface area contributed by atoms with Crippen molar-refractivity contribution in [2.45, 2.75) is 30.6 Å². The molecule has 0 bridgehead atoms. The molecule has 2 atom stereocenters. The molecule has 17 rings (SSSR count). The van der Waals surface area contributed by atoms with Gasteiger partial charge >= 0.3 is 0 Å². The normalized spacial score (nSPS) is 20.2. The first-order valence-electron chi connectivity index (χ1n) is 28.2. The number of hydrogen-bond acceptors (Lipinski definition) is 27. The van der Waals surface area contributed by atoms with E-state index in [0.717, 1.165) is 126 Å². The standard InChI is InChI=1S/C59H50O17S10/c1-77-21-2-22-78-29(60)24-26-3-4-27(23-26)45-31-32(64-8-7-63-31)48(80-45)49-35-36(68-12-11-67-35)52(82-49)53-39-40(72-16-15-71-39)56(84-53)57-43-44(76-20-19-75-43)59(86-57)58-42-41(73-17-18-74-42)55(85-58)54-38-37(69-13-14-70-38)51(83-54)50-34-33(65-9-10-66-34)47(81-50)46-30-28(25-79-46)61-5-6-62-30/h3,23,25,37,51H,2,4-22,24H2,1H3. The van der Waals surface area contributed by atoms with E-state index in [1.807, 2.05) is 5.38 Å². The zero-order valence-corrected chi connectivity index (χ0v) is 53.9. The van der Waals surface area contributed by atoms with Crippen LogP contribution in [0.3, 0.4) is 0 Å². The molecule has 16 heterocycles. The van der Waals surface area contributed by atoms with E-state index in [4.69, 9.17) is 75.8 Å². The van der Waals surface area contributed by atoms with Gasteiger partial charge in [0.25, 0.3) is 0 Å². The average molecular weight is 1350 g/mol. The molecule has 0 spiro atoms. The predicted molar refractivity (Wildman–Crippen MR) is 341 cm³/mol. The number of fused-ring (bicyclic) bond motifs is 8. The summed E-state index contributed by atoms with van der Waals surface area (Å²) in [5.74, 6) is 12.1. The van der Waals surface area contributed by atoms with E-state index >= 15 is 0 Å². The minimum atomic E-state index is -0.405. The minimum absolute atomic E-state index is 0.192. The van der Waals surface area contributed by atoms with Crippen LogP contribution in [0.5, 0.6) is 80.5 Å². The highest BCUT2D eigenvalue weighted by atomic mass is 32.2. The zero-order valence-electron chi connectivity index (χ0n) is 45.8. The molecule has 0 saturated carbocycles. The lowest BCUT2D eigenvalue weighted by atomic mass is 10.1. The maximum atomic E-state index is 13.0. The van der Waals surface area contributed by atoms with E-state index in [1.54, 1.807) is 103 Å². The quantitative estimate of drug-likeness (QED) is 0.0943. The molecule has 27 heteroatoms. The van der Waals surface area contributed by atoms with Gasteiger partial charge in [-0.1, -0.05) is 23.9 Å². The SMILES string of the molecule is CSCCCSC(=O)CC1=CCC(c2sc(-c3sc(-c4sc(-c5sc(-c6sc(C7=C8OCCOC8C(c8sc(-c9scc%10c9OCCO%10)c9c8OCCO9)S7)c7c6OCCO7)c6c5OCCO6)c5c4OCCO5)c4c3OCCO4)c3c2OCCO3)=C1. The molecule has 448 valence electrons. The van der Waals surface area contributed by atoms with Crippen molar-refractivity contribution < 1.29 is 80.6 Å². The Morgan fingerprint density at radius 1 is 0.453 bits per heavy atom. The van der Waals surface area contributed by atoms with Gasteiger partial charge in [0.05, 0.1) is 80.2 Å². The van der Waals surface area contributed by atoms with Crippen LogP contribution >= 0.6 is 115 Å². The molecule has 86 heavy (non-hydrogen) atoms. The first-order chi connectivity index (χ1) is 42.5. The van der Waals surface area contributed by atoms with Crippen LogP contribution in [0.4, 0.5) is 0 Å². The van der Waals surface area contributed by atoms with Gasteiger partial charge in [0, 0.05) is 17.6 Å². The Labute approximate surface area is 533 Å². The van der Waals surface area contributed by atoms with Crippen molar-refractivity contribution in [3.8, 4) is 129 Å². The summed E-state index contributed by atoms with van der Waals surface area (Å²) in [6.45, 7) is 6.54. The van der Waals surface area contributed by atoms with Gasteiger partial charge in [-0.15, -0.1) is 91.1 Å². The van der Waals surface area contributed by atoms with Gasteiger partial charge in [0.15, 0.2) is 85.6 Å². The highest BCUT2D eigenvalue weighted by molar-refractivity contribution is 8.13. The second-order valence-electron chi connectivity index (χ2n) is 20.5. The van der Waals surface area contributed by atoms with E-state index in [0.29, 0.717) is 176 Å². The molecule has 0 N–H and O–H groups in total. The Hall–Kier alpha value is -5.20. The van der Waals surface area contributed by atoms with Gasteiger partial charge in [-0.25, -0.2) is 0 Å². The van der Waals surface area contributed by atoms with Gasteiger partial charge in [0.2, 0.25) is 0 Å². The Morgan fingerprint density at radius 2 is 0.872 bits per heavy atom. The molecule has 1 fully saturated rings. The van der Waals surface area contributed by atoms with Crippen molar-refractivity contribution in [2.75, 3.05) is 123 Å². The fraction of sp³-hybridized carbons (Fsp3) is 0.407. The van der Waals surface area contributed by atoms with Crippen molar-refractivity contribution in [3.05, 3.63) is 43.5 Å². The summed E-state index contributed by atoms with van der Waals surface area (Å²) >= 11 is 16.1. The van der Waals surface area contributed by atoms with Crippen molar-refractivity contribution in [2.24, 2.45) is 0 Å². The van der Waals surface area contributed by atoms with Gasteiger partial charge in [-0.05, 0) is 36.0 Å². The number of allylic oxidation sites excluding steroid dienone is 4. The van der Waals surface area contributed by atoms with Crippen LogP contribution in [0.25, 0.3) is 59.2 Å². The topological polar surface area (TPSA) is 165 Å². The smallest absolute Gasteiger partial charge is 0.193 e. The third-order valence-corrected chi connectivity index (χ3v) is 27.4. The summed E-state index contributed by atoms with van der Waals surface area (Å²) in [6.07, 6.45) is 8.11. The first kappa shape index (κ1) is 54.9. The molecule has 0 amide bonds. The average Bonchev–Trinajstić information content (AvgIpc) is 1.78. The van der Waals surface area contributed by atoms with Crippen LogP contribution in [-0.4, -0.2) is 135 Å². The lowest BCUT2D eigenvalue weighted by molar-refractivity contribution is -0.110. The number of carbonyl (C=O) groups is 1. The second-order valence-corrected chi connectivity index (χ2v) is 30.8. The van der Waals surface area contributed by atoms with Crippen molar-refractivity contribution in [1.82, 2.24) is 0 Å². The van der Waals surface area contributed by atoms with Gasteiger partial charge in [-0.2, -0.15) is 11.8 Å². The third-order valence-electron chi connectivity index (χ3n) is 15.2. The highest BCUT2D eigenvalue weighted by Gasteiger charge is 2.48. The van der Waals surface area contributed by atoms with E-state index in [2.05, 4.69) is 18.4 Å². The Morgan fingerprint density at radius 3 is 1.40 bits per heavy atom. The Kier molecular flexibility index (Phi) is 14.7. The Bertz CT molecular complexity index is 3980. The molecule has 1 aliphatic carbocycles. The molecule has 0 radical (unpaired) electrons. The summed E-state index contributed by atoms with van der Waals surface area (Å²) < 4.78 is 104. The third kappa shape index (κ3) is 9.27. The number of thioether (sulfide) groups is 3. The second kappa shape index (κ2) is 23.0. The summed E-state index contributed by atoms with van der Waals surface area (Å²) in [4.78, 5) is 25.6. The largest absolute Gasteiger partial charge is 0.491 e. The molecule has 2 unspecified atom stereocenters. The van der Waals surface area contributed by atoms with E-state index in [9.17, 15) is 4.79 Å². The number of hydrogen-bond donors (Lipinski definition) is 0. The van der Waals surface area contributed by atoms with Crippen LogP contribution in [0.1, 0.15) is 39.1 Å². The monoisotopic (exact) mass is 1350 g/mol. The predicted octanol–water partition coefficient (Wildman–Crippen LogP) is 14.5. The maximum Gasteiger partial charge on any atom is 0.193 e. The maximum absolute atomic E-state index is 13.0. The van der Waals surface area contributed by atoms with Crippen LogP contribution < -0.4 is 66.3 Å². The van der Waals surface area contributed by atoms with E-state index in [-0.39, 0.29) is 10.4 Å². The molecular formula is C59H50O17S10. The molecular weight excluding hydrogens is 1300 g/mol. The lowest BCUT2D eigenvalue weighted by Crippen LogP contribution is -2.28. The van der Waals surface area contributed by atoms with E-state index < -0.39 is 6.10 Å². The molecule has 0 aromatic carbocycles. The van der Waals surface area contributed by atoms with Crippen LogP contribution in [0.15, 0.2) is 28.9 Å². The van der Waals surface area contributed by atoms with Crippen molar-refractivity contribution in [3.63, 3.8) is 0 Å². The number of carbonyl (C=O) groups excluding carboxylic acids is 1. The summed E-state index contributed by atoms with van der Waals surface area (Å²) in [6, 6.07) is 0. The fourth-order valence-corrected chi connectivity index (χ4v) is 23.5. The molecule has 10 aliphatic rings. The number of rotatable bonds is 14. The van der Waals surface area contributed by atoms with Gasteiger partial charge in [-0.3, -0.25) is 4.79 Å². The first-order valence-corrected chi connectivity index (χ1v) is 37.2. The number of ether oxygens (including phenoxy) is 16. The zero-order chi connectivity index (χ0) is 57.0. The van der Waals surface area contributed by atoms with Gasteiger partial charge in [0.1, 0.15) is 111 Å². The molecule has 17 nitrogen and oxygen atoms in total. The molecule has 7 aromatic rings. The minimum Gasteiger partial charge on any atom is -0.491 e. The highest BCUT2D eigenvalue weighted by Crippen LogP contribution is 2.70. The lowest BCUT2D eigenvalue weighted by Gasteiger charge is -2.27. The summed E-state index contributed by atoms with van der Waals surface area (Å²) in [5, 5.41) is 1.97. The van der Waals surface area contributed by atoms with Crippen LogP contribution in [0.2, 0.25) is 0 Å². The number of thiophene rings is 7. The molecule has 7 aromatic heterocycles. The fourth-order valence-electron chi connectivity index (χ4n) is 11.6. The molecule has 9 aliphatic heterocycles. The van der Waals surface area contributed by atoms with Crippen LogP contribution in [-0.2, 0) is 14.3 Å². The summed E-state index contributed by atoms with van der Waals surface area (Å²) in [5.41, 5.74) is 2.13. The van der Waals surface area contributed by atoms with Gasteiger partial charge < -0.3 is 75.8 Å².